The first kappa shape index (κ1) is 6.84. The summed E-state index contributed by atoms with van der Waals surface area (Å²) in [5.41, 5.74) is 6.27. The molecule has 10 heavy (non-hydrogen) atoms. The maximum Gasteiger partial charge on any atom is 0.386 e. The fourth-order valence-electron chi connectivity index (χ4n) is 0.578. The summed E-state index contributed by atoms with van der Waals surface area (Å²) in [7, 11) is 0. The largest absolute Gasteiger partial charge is 0.398 e. The van der Waals surface area contributed by atoms with Crippen LogP contribution < -0.4 is 5.73 Å². The predicted octanol–water partition coefficient (Wildman–Crippen LogP) is 2.41. The lowest BCUT2D eigenvalue weighted by molar-refractivity contribution is 1.46. The summed E-state index contributed by atoms with van der Waals surface area (Å²) in [6.45, 7) is 0. The molecule has 50 valence electrons. The van der Waals surface area contributed by atoms with Crippen LogP contribution in [0.2, 0.25) is 5.02 Å². The number of nitrogens with zero attached hydrogens (tertiary/aromatic N) is 2. The van der Waals surface area contributed by atoms with Crippen LogP contribution >= 0.6 is 11.6 Å². The number of halogens is 1. The molecule has 4 heteroatoms. The minimum absolute atomic E-state index is 0.398. The van der Waals surface area contributed by atoms with Crippen LogP contribution in [0.15, 0.2) is 18.2 Å². The average molecular weight is 155 g/mol. The zero-order valence-electron chi connectivity index (χ0n) is 5.08. The topological polar surface area (TPSA) is 54.2 Å². The summed E-state index contributed by atoms with van der Waals surface area (Å²) in [6, 6.07) is 4.63. The molecular formula is C6H5ClN3+. The monoisotopic (exact) mass is 154 g/mol. The fourth-order valence-corrected chi connectivity index (χ4v) is 0.753. The maximum absolute atomic E-state index is 8.28. The second kappa shape index (κ2) is 2.54. The Labute approximate surface area is 63.0 Å². The second-order valence-corrected chi connectivity index (χ2v) is 2.21. The van der Waals surface area contributed by atoms with Gasteiger partial charge in [0.1, 0.15) is 0 Å². The molecule has 0 spiro atoms. The van der Waals surface area contributed by atoms with Crippen LogP contribution in [-0.2, 0) is 0 Å². The molecule has 0 saturated carbocycles. The number of diazo groups is 1. The van der Waals surface area contributed by atoms with E-state index >= 15 is 0 Å². The van der Waals surface area contributed by atoms with Gasteiger partial charge < -0.3 is 5.73 Å². The molecule has 1 rings (SSSR count). The molecule has 0 aliphatic heterocycles. The van der Waals surface area contributed by atoms with Crippen LogP contribution in [-0.4, -0.2) is 0 Å². The van der Waals surface area contributed by atoms with Crippen molar-refractivity contribution in [3.8, 4) is 0 Å². The standard InChI is InChI=1S/C6H5ClN3/c7-5-3-4(10-9)1-2-6(5)8/h1-3H,8H2/q+1. The molecule has 3 nitrogen and oxygen atoms in total. The number of nitrogen functional groups attached to an aromatic ring is 1. The Balaban J connectivity index is 3.20. The van der Waals surface area contributed by atoms with Crippen molar-refractivity contribution in [3.63, 3.8) is 0 Å². The minimum Gasteiger partial charge on any atom is -0.398 e. The van der Waals surface area contributed by atoms with Gasteiger partial charge in [-0.2, -0.15) is 0 Å². The van der Waals surface area contributed by atoms with Gasteiger partial charge in [0.25, 0.3) is 0 Å². The molecule has 2 N–H and O–H groups in total. The molecule has 1 aromatic rings. The van der Waals surface area contributed by atoms with Crippen molar-refractivity contribution in [1.29, 1.82) is 5.39 Å². The van der Waals surface area contributed by atoms with Gasteiger partial charge >= 0.3 is 5.69 Å². The van der Waals surface area contributed by atoms with Crippen molar-refractivity contribution >= 4 is 23.0 Å². The van der Waals surface area contributed by atoms with E-state index in [0.29, 0.717) is 16.4 Å². The third kappa shape index (κ3) is 1.17. The third-order valence-electron chi connectivity index (χ3n) is 1.10. The van der Waals surface area contributed by atoms with Gasteiger partial charge in [-0.15, -0.1) is 0 Å². The van der Waals surface area contributed by atoms with Gasteiger partial charge in [-0.3, -0.25) is 0 Å². The molecule has 0 radical (unpaired) electrons. The quantitative estimate of drug-likeness (QED) is 0.461. The molecule has 0 aliphatic rings. The van der Waals surface area contributed by atoms with E-state index < -0.39 is 0 Å². The molecular weight excluding hydrogens is 150 g/mol. The summed E-state index contributed by atoms with van der Waals surface area (Å²) in [4.78, 5) is 2.93. The Morgan fingerprint density at radius 2 is 2.20 bits per heavy atom. The van der Waals surface area contributed by atoms with Crippen molar-refractivity contribution < 1.29 is 0 Å². The first-order valence-corrected chi connectivity index (χ1v) is 3.02. The van der Waals surface area contributed by atoms with E-state index in [2.05, 4.69) is 4.98 Å². The second-order valence-electron chi connectivity index (χ2n) is 1.81. The van der Waals surface area contributed by atoms with Crippen LogP contribution in [0.4, 0.5) is 11.4 Å². The van der Waals surface area contributed by atoms with Gasteiger partial charge in [-0.05, 0) is 6.07 Å². The number of hydrogen-bond donors (Lipinski definition) is 1. The third-order valence-corrected chi connectivity index (χ3v) is 1.43. The van der Waals surface area contributed by atoms with Crippen molar-refractivity contribution in [3.05, 3.63) is 28.2 Å². The first-order chi connectivity index (χ1) is 4.74. The number of rotatable bonds is 0. The molecule has 1 aromatic carbocycles. The molecule has 0 aliphatic carbocycles. The zero-order chi connectivity index (χ0) is 7.56. The molecule has 0 fully saturated rings. The highest BCUT2D eigenvalue weighted by atomic mass is 35.5. The average Bonchev–Trinajstić information content (AvgIpc) is 1.95. The van der Waals surface area contributed by atoms with Gasteiger partial charge in [-0.1, -0.05) is 11.6 Å². The zero-order valence-corrected chi connectivity index (χ0v) is 5.84. The van der Waals surface area contributed by atoms with E-state index in [1.807, 2.05) is 0 Å². The Hall–Kier alpha value is -1.27. The first-order valence-electron chi connectivity index (χ1n) is 2.64. The molecule has 0 bridgehead atoms. The van der Waals surface area contributed by atoms with E-state index in [0.717, 1.165) is 0 Å². The highest BCUT2D eigenvalue weighted by Crippen LogP contribution is 2.23. The number of benzene rings is 1. The molecule has 0 atom stereocenters. The Morgan fingerprint density at radius 1 is 1.50 bits per heavy atom. The van der Waals surface area contributed by atoms with Gasteiger partial charge in [-0.25, -0.2) is 0 Å². The van der Waals surface area contributed by atoms with Crippen LogP contribution in [0, 0.1) is 5.39 Å². The summed E-state index contributed by atoms with van der Waals surface area (Å²) < 4.78 is 0. The lowest BCUT2D eigenvalue weighted by Gasteiger charge is -1.90. The lowest BCUT2D eigenvalue weighted by Crippen LogP contribution is -1.83. The van der Waals surface area contributed by atoms with E-state index in [4.69, 9.17) is 22.7 Å². The Morgan fingerprint density at radius 3 is 2.70 bits per heavy atom. The van der Waals surface area contributed by atoms with E-state index in [-0.39, 0.29) is 0 Å². The molecule has 0 saturated heterocycles. The van der Waals surface area contributed by atoms with Crippen LogP contribution in [0.5, 0.6) is 0 Å². The number of hydrogen-bond acceptors (Lipinski definition) is 2. The maximum atomic E-state index is 8.28. The Kier molecular flexibility index (Phi) is 1.74. The van der Waals surface area contributed by atoms with E-state index in [1.54, 1.807) is 12.1 Å². The minimum atomic E-state index is 0.398. The fraction of sp³-hybridized carbons (Fsp3) is 0. The van der Waals surface area contributed by atoms with Crippen LogP contribution in [0.3, 0.4) is 0 Å². The number of nitrogens with two attached hydrogens (primary N) is 1. The highest BCUT2D eigenvalue weighted by Gasteiger charge is 2.05. The van der Waals surface area contributed by atoms with Gasteiger partial charge in [0.05, 0.1) is 16.8 Å². The van der Waals surface area contributed by atoms with Crippen molar-refractivity contribution in [1.82, 2.24) is 0 Å². The smallest absolute Gasteiger partial charge is 0.386 e. The Bertz CT molecular complexity index is 290. The SMILES string of the molecule is N#[N+]c1ccc(N)c(Cl)c1. The molecule has 0 unspecified atom stereocenters. The normalized spacial score (nSPS) is 8.80. The van der Waals surface area contributed by atoms with Crippen LogP contribution in [0.25, 0.3) is 4.98 Å². The van der Waals surface area contributed by atoms with E-state index in [9.17, 15) is 0 Å². The van der Waals surface area contributed by atoms with Gasteiger partial charge in [0.15, 0.2) is 4.98 Å². The van der Waals surface area contributed by atoms with Crippen molar-refractivity contribution in [2.45, 2.75) is 0 Å². The highest BCUT2D eigenvalue weighted by molar-refractivity contribution is 6.33. The summed E-state index contributed by atoms with van der Waals surface area (Å²) in [5.74, 6) is 0. The van der Waals surface area contributed by atoms with Crippen molar-refractivity contribution in [2.75, 3.05) is 5.73 Å². The summed E-state index contributed by atoms with van der Waals surface area (Å²) >= 11 is 5.60. The lowest BCUT2D eigenvalue weighted by atomic mass is 10.3. The van der Waals surface area contributed by atoms with Gasteiger partial charge in [0, 0.05) is 6.07 Å². The molecule has 0 aromatic heterocycles. The predicted molar refractivity (Wildman–Crippen MR) is 40.6 cm³/mol. The molecule has 0 heterocycles. The summed E-state index contributed by atoms with van der Waals surface area (Å²) in [5, 5.41) is 8.68. The van der Waals surface area contributed by atoms with Crippen molar-refractivity contribution in [2.24, 2.45) is 0 Å². The number of anilines is 1. The van der Waals surface area contributed by atoms with Gasteiger partial charge in [0.2, 0.25) is 5.39 Å². The van der Waals surface area contributed by atoms with Crippen LogP contribution in [0.1, 0.15) is 0 Å². The molecule has 0 amide bonds. The van der Waals surface area contributed by atoms with E-state index in [1.165, 1.54) is 6.07 Å². The summed E-state index contributed by atoms with van der Waals surface area (Å²) in [6.07, 6.45) is 0.